The number of carbonyl (C=O) groups is 1. The second-order valence-corrected chi connectivity index (χ2v) is 9.62. The maximum absolute atomic E-state index is 12.6. The molecule has 0 atom stereocenters. The molecule has 3 rings (SSSR count). The Bertz CT molecular complexity index is 1320. The van der Waals surface area contributed by atoms with Crippen molar-refractivity contribution in [2.75, 3.05) is 25.6 Å². The standard InChI is InChI=1S/C27H27BrN4O4S/c1-4-8-19-10-6-7-11-22(19)35-12-13-36-25-21(28)15-18(16-23(25)34-3)14-20(17-29)26(33)30-27-32-31-24(37-27)9-5-2/h4,6-7,10-11,14-16H,1,5,8-9,12-13H2,2-3H3,(H,30,32,33)/b20-14-. The highest BCUT2D eigenvalue weighted by Gasteiger charge is 2.16. The molecule has 0 saturated heterocycles. The Morgan fingerprint density at radius 2 is 2.00 bits per heavy atom. The van der Waals surface area contributed by atoms with Gasteiger partial charge in [-0.1, -0.05) is 42.5 Å². The molecule has 0 bridgehead atoms. The summed E-state index contributed by atoms with van der Waals surface area (Å²) in [5.41, 5.74) is 1.56. The van der Waals surface area contributed by atoms with Crippen LogP contribution in [-0.4, -0.2) is 36.4 Å². The van der Waals surface area contributed by atoms with Gasteiger partial charge in [0, 0.05) is 6.42 Å². The van der Waals surface area contributed by atoms with Gasteiger partial charge in [-0.15, -0.1) is 16.8 Å². The van der Waals surface area contributed by atoms with Crippen molar-refractivity contribution in [3.63, 3.8) is 0 Å². The first kappa shape index (κ1) is 27.9. The van der Waals surface area contributed by atoms with Gasteiger partial charge in [0.15, 0.2) is 11.5 Å². The van der Waals surface area contributed by atoms with Gasteiger partial charge in [-0.2, -0.15) is 5.26 Å². The summed E-state index contributed by atoms with van der Waals surface area (Å²) in [5.74, 6) is 1.16. The fraction of sp³-hybridized carbons (Fsp3) is 0.259. The third-order valence-corrected chi connectivity index (χ3v) is 6.49. The Morgan fingerprint density at radius 3 is 2.73 bits per heavy atom. The van der Waals surface area contributed by atoms with Gasteiger partial charge in [0.2, 0.25) is 5.13 Å². The van der Waals surface area contributed by atoms with E-state index in [0.29, 0.717) is 39.7 Å². The van der Waals surface area contributed by atoms with Crippen LogP contribution in [0.2, 0.25) is 0 Å². The van der Waals surface area contributed by atoms with Crippen LogP contribution in [0.5, 0.6) is 17.2 Å². The Morgan fingerprint density at radius 1 is 1.22 bits per heavy atom. The smallest absolute Gasteiger partial charge is 0.268 e. The van der Waals surface area contributed by atoms with Crippen LogP contribution in [0.4, 0.5) is 5.13 Å². The van der Waals surface area contributed by atoms with Crippen LogP contribution in [0.1, 0.15) is 29.5 Å². The van der Waals surface area contributed by atoms with Crippen molar-refractivity contribution >= 4 is 44.4 Å². The lowest BCUT2D eigenvalue weighted by Crippen LogP contribution is -2.13. The van der Waals surface area contributed by atoms with Gasteiger partial charge >= 0.3 is 0 Å². The number of nitrogens with zero attached hydrogens (tertiary/aromatic N) is 3. The molecule has 2 aromatic carbocycles. The summed E-state index contributed by atoms with van der Waals surface area (Å²) in [7, 11) is 1.52. The zero-order valence-electron chi connectivity index (χ0n) is 20.6. The molecule has 0 aliphatic rings. The summed E-state index contributed by atoms with van der Waals surface area (Å²) in [5, 5.41) is 21.4. The van der Waals surface area contributed by atoms with Gasteiger partial charge in [0.25, 0.3) is 5.91 Å². The van der Waals surface area contributed by atoms with Gasteiger partial charge in [0.05, 0.1) is 11.6 Å². The average Bonchev–Trinajstić information content (AvgIpc) is 3.33. The van der Waals surface area contributed by atoms with Crippen molar-refractivity contribution in [3.8, 4) is 23.3 Å². The minimum Gasteiger partial charge on any atom is -0.493 e. The highest BCUT2D eigenvalue weighted by atomic mass is 79.9. The molecule has 0 saturated carbocycles. The van der Waals surface area contributed by atoms with Gasteiger partial charge in [-0.25, -0.2) is 0 Å². The third kappa shape index (κ3) is 7.90. The first-order chi connectivity index (χ1) is 18.0. The maximum Gasteiger partial charge on any atom is 0.268 e. The van der Waals surface area contributed by atoms with Gasteiger partial charge < -0.3 is 14.2 Å². The summed E-state index contributed by atoms with van der Waals surface area (Å²) in [6.07, 6.45) is 5.73. The van der Waals surface area contributed by atoms with Crippen LogP contribution in [-0.2, 0) is 17.6 Å². The number of methoxy groups -OCH3 is 1. The lowest BCUT2D eigenvalue weighted by atomic mass is 10.1. The normalized spacial score (nSPS) is 10.9. The van der Waals surface area contributed by atoms with E-state index in [0.717, 1.165) is 29.2 Å². The van der Waals surface area contributed by atoms with Crippen molar-refractivity contribution in [1.82, 2.24) is 10.2 Å². The number of ether oxygens (including phenoxy) is 3. The van der Waals surface area contributed by atoms with Crippen molar-refractivity contribution in [1.29, 1.82) is 5.26 Å². The fourth-order valence-corrected chi connectivity index (χ4v) is 4.74. The van der Waals surface area contributed by atoms with E-state index in [-0.39, 0.29) is 12.2 Å². The van der Waals surface area contributed by atoms with Gasteiger partial charge in [-0.3, -0.25) is 10.1 Å². The molecule has 3 aromatic rings. The Kier molecular flexibility index (Phi) is 10.7. The topological polar surface area (TPSA) is 106 Å². The molecule has 8 nitrogen and oxygen atoms in total. The number of hydrogen-bond donors (Lipinski definition) is 1. The molecule has 0 aliphatic carbocycles. The highest BCUT2D eigenvalue weighted by molar-refractivity contribution is 9.10. The number of para-hydroxylation sites is 1. The molecule has 0 aliphatic heterocycles. The van der Waals surface area contributed by atoms with E-state index in [9.17, 15) is 10.1 Å². The second-order valence-electron chi connectivity index (χ2n) is 7.71. The number of benzene rings is 2. The van der Waals surface area contributed by atoms with E-state index in [1.807, 2.05) is 43.3 Å². The lowest BCUT2D eigenvalue weighted by Gasteiger charge is -2.15. The number of amides is 1. The SMILES string of the molecule is C=CCc1ccccc1OCCOc1c(Br)cc(/C=C(/C#N)C(=O)Nc2nnc(CCC)s2)cc1OC. The van der Waals surface area contributed by atoms with E-state index >= 15 is 0 Å². The number of halogens is 1. The molecule has 0 fully saturated rings. The van der Waals surface area contributed by atoms with E-state index in [4.69, 9.17) is 14.2 Å². The molecule has 192 valence electrons. The highest BCUT2D eigenvalue weighted by Crippen LogP contribution is 2.37. The van der Waals surface area contributed by atoms with E-state index < -0.39 is 5.91 Å². The molecule has 10 heteroatoms. The number of rotatable bonds is 13. The molecule has 1 aromatic heterocycles. The van der Waals surface area contributed by atoms with E-state index in [1.54, 1.807) is 12.1 Å². The molecular formula is C27H27BrN4O4S. The van der Waals surface area contributed by atoms with E-state index in [1.165, 1.54) is 24.5 Å². The predicted octanol–water partition coefficient (Wildman–Crippen LogP) is 5.99. The first-order valence-corrected chi connectivity index (χ1v) is 13.2. The monoisotopic (exact) mass is 582 g/mol. The number of nitrogens with one attached hydrogen (secondary N) is 1. The van der Waals surface area contributed by atoms with Crippen LogP contribution in [0, 0.1) is 11.3 Å². The summed E-state index contributed by atoms with van der Waals surface area (Å²) in [4.78, 5) is 12.6. The number of nitriles is 1. The Hall–Kier alpha value is -3.68. The minimum atomic E-state index is -0.564. The Labute approximate surface area is 228 Å². The molecule has 1 amide bonds. The average molecular weight is 584 g/mol. The van der Waals surface area contributed by atoms with Gasteiger partial charge in [-0.05, 0) is 64.2 Å². The number of hydrogen-bond acceptors (Lipinski definition) is 8. The Balaban J connectivity index is 1.67. The fourth-order valence-electron chi connectivity index (χ4n) is 3.33. The van der Waals surface area contributed by atoms with Crippen LogP contribution in [0.15, 0.2) is 59.1 Å². The number of allylic oxidation sites excluding steroid dienone is 1. The van der Waals surface area contributed by atoms with Crippen molar-refractivity contribution < 1.29 is 19.0 Å². The van der Waals surface area contributed by atoms with E-state index in [2.05, 4.69) is 38.0 Å². The molecule has 0 spiro atoms. The van der Waals surface area contributed by atoms with Crippen LogP contribution in [0.25, 0.3) is 6.08 Å². The number of carbonyl (C=O) groups excluding carboxylic acids is 1. The third-order valence-electron chi connectivity index (χ3n) is 5.00. The minimum absolute atomic E-state index is 0.0820. The van der Waals surface area contributed by atoms with Crippen LogP contribution < -0.4 is 19.5 Å². The zero-order valence-corrected chi connectivity index (χ0v) is 23.0. The largest absolute Gasteiger partial charge is 0.493 e. The molecule has 37 heavy (non-hydrogen) atoms. The molecule has 0 unspecified atom stereocenters. The van der Waals surface area contributed by atoms with Crippen molar-refractivity contribution in [3.05, 3.63) is 75.2 Å². The summed E-state index contributed by atoms with van der Waals surface area (Å²) >= 11 is 4.79. The lowest BCUT2D eigenvalue weighted by molar-refractivity contribution is -0.112. The summed E-state index contributed by atoms with van der Waals surface area (Å²) in [6, 6.07) is 13.2. The number of anilines is 1. The van der Waals surface area contributed by atoms with Crippen molar-refractivity contribution in [2.24, 2.45) is 0 Å². The predicted molar refractivity (Wildman–Crippen MR) is 148 cm³/mol. The van der Waals surface area contributed by atoms with Gasteiger partial charge in [0.1, 0.15) is 35.6 Å². The zero-order chi connectivity index (χ0) is 26.6. The van der Waals surface area contributed by atoms with Crippen LogP contribution in [0.3, 0.4) is 0 Å². The van der Waals surface area contributed by atoms with Crippen molar-refractivity contribution in [2.45, 2.75) is 26.2 Å². The number of aryl methyl sites for hydroxylation is 1. The maximum atomic E-state index is 12.6. The van der Waals surface area contributed by atoms with Crippen LogP contribution >= 0.6 is 27.3 Å². The molecule has 0 radical (unpaired) electrons. The summed E-state index contributed by atoms with van der Waals surface area (Å²) < 4.78 is 17.9. The number of aromatic nitrogens is 2. The molecule has 1 heterocycles. The summed E-state index contributed by atoms with van der Waals surface area (Å²) in [6.45, 7) is 6.43. The quantitative estimate of drug-likeness (QED) is 0.114. The first-order valence-electron chi connectivity index (χ1n) is 11.6. The second kappa shape index (κ2) is 14.2. The molecule has 1 N–H and O–H groups in total. The molecular weight excluding hydrogens is 556 g/mol.